The van der Waals surface area contributed by atoms with Crippen LogP contribution < -0.4 is 8.45 Å². The average Bonchev–Trinajstić information content (AvgIpc) is 2.03. The van der Waals surface area contributed by atoms with Gasteiger partial charge in [0.1, 0.15) is 0 Å². The first-order valence-electron chi connectivity index (χ1n) is 3.04. The molecule has 0 aliphatic rings. The van der Waals surface area contributed by atoms with Crippen molar-refractivity contribution in [1.29, 1.82) is 5.39 Å². The van der Waals surface area contributed by atoms with Gasteiger partial charge in [0.25, 0.3) is 0 Å². The van der Waals surface area contributed by atoms with Crippen molar-refractivity contribution < 1.29 is 11.9 Å². The van der Waals surface area contributed by atoms with E-state index in [9.17, 15) is 7.84 Å². The van der Waals surface area contributed by atoms with E-state index in [2.05, 4.69) is 4.98 Å². The van der Waals surface area contributed by atoms with Crippen LogP contribution in [0.25, 0.3) is 4.98 Å². The summed E-state index contributed by atoms with van der Waals surface area (Å²) in [4.78, 5) is 2.72. The van der Waals surface area contributed by atoms with Crippen molar-refractivity contribution in [3.63, 3.8) is 0 Å². The molecule has 0 amide bonds. The van der Waals surface area contributed by atoms with Crippen LogP contribution in [-0.2, 0) is 3.74 Å². The summed E-state index contributed by atoms with van der Waals surface area (Å²) in [5.74, 6) is 0. The van der Waals surface area contributed by atoms with Crippen molar-refractivity contribution in [1.82, 2.24) is 0 Å². The molecule has 1 aromatic rings. The van der Waals surface area contributed by atoms with Crippen LogP contribution in [-0.4, -0.2) is 18.3 Å². The molecule has 0 saturated carbocycles. The van der Waals surface area contributed by atoms with E-state index in [0.717, 1.165) is 0 Å². The fourth-order valence-electron chi connectivity index (χ4n) is 0.788. The molecule has 0 heterocycles. The Hall–Kier alpha value is -1.08. The van der Waals surface area contributed by atoms with Gasteiger partial charge in [-0.05, 0) is 0 Å². The molecule has 1 unspecified atom stereocenters. The Kier molecular flexibility index (Phi) is 2.34. The van der Waals surface area contributed by atoms with Crippen molar-refractivity contribution in [2.45, 2.75) is 0 Å². The van der Waals surface area contributed by atoms with Gasteiger partial charge in [-0.3, -0.25) is 0 Å². The van der Waals surface area contributed by atoms with E-state index in [1.807, 2.05) is 0 Å². The monoisotopic (exact) mass is 228 g/mol. The molecule has 62 valence electrons. The maximum atomic E-state index is 10.7. The molecule has 6 heteroatoms. The Morgan fingerprint density at radius 1 is 1.50 bits per heavy atom. The molecular weight excluding hydrogens is 223 g/mol. The van der Waals surface area contributed by atoms with Gasteiger partial charge in [-0.15, -0.1) is 0 Å². The molecule has 0 aliphatic heterocycles. The van der Waals surface area contributed by atoms with Gasteiger partial charge < -0.3 is 0 Å². The second-order valence-electron chi connectivity index (χ2n) is 2.11. The Labute approximate surface area is 71.3 Å². The van der Waals surface area contributed by atoms with Gasteiger partial charge in [0.05, 0.1) is 0 Å². The maximum absolute atomic E-state index is 10.7. The molecule has 12 heavy (non-hydrogen) atoms. The third-order valence-corrected chi connectivity index (χ3v) is 3.36. The molecule has 0 spiro atoms. The molecule has 1 atom stereocenters. The van der Waals surface area contributed by atoms with Crippen LogP contribution >= 0.6 is 0 Å². The molecule has 1 N–H and O–H groups in total. The molecular formula is C6H5AsN2O3. The third kappa shape index (κ3) is 1.74. The van der Waals surface area contributed by atoms with E-state index in [1.165, 1.54) is 24.3 Å². The topological polar surface area (TPSA) is 88.5 Å². The van der Waals surface area contributed by atoms with Crippen LogP contribution in [0.4, 0.5) is 5.69 Å². The first-order chi connectivity index (χ1) is 5.55. The minimum absolute atomic E-state index is 0.141. The van der Waals surface area contributed by atoms with Crippen LogP contribution in [0.3, 0.4) is 0 Å². The van der Waals surface area contributed by atoms with Crippen LogP contribution in [0.5, 0.6) is 0 Å². The summed E-state index contributed by atoms with van der Waals surface area (Å²) in [6.45, 7) is 0. The first-order valence-corrected chi connectivity index (χ1v) is 6.35. The molecule has 0 radical (unpaired) electrons. The quantitative estimate of drug-likeness (QED) is 0.498. The van der Waals surface area contributed by atoms with Gasteiger partial charge in [0.2, 0.25) is 0 Å². The van der Waals surface area contributed by atoms with Crippen LogP contribution in [0, 0.1) is 5.39 Å². The minimum atomic E-state index is -5.18. The number of rotatable bonds is 1. The summed E-state index contributed by atoms with van der Waals surface area (Å²) < 4.78 is 29.7. The van der Waals surface area contributed by atoms with Crippen molar-refractivity contribution in [2.75, 3.05) is 0 Å². The number of nitrogens with zero attached hydrogens (tertiary/aromatic N) is 2. The van der Waals surface area contributed by atoms with E-state index in [-0.39, 0.29) is 10.0 Å². The van der Waals surface area contributed by atoms with E-state index in [0.29, 0.717) is 0 Å². The summed E-state index contributed by atoms with van der Waals surface area (Å²) in [6, 6.07) is 5.41. The van der Waals surface area contributed by atoms with Gasteiger partial charge in [-0.2, -0.15) is 0 Å². The average molecular weight is 228 g/mol. The molecule has 0 aliphatic carbocycles. The predicted octanol–water partition coefficient (Wildman–Crippen LogP) is -0.900. The van der Waals surface area contributed by atoms with Crippen LogP contribution in [0.2, 0.25) is 0 Å². The zero-order valence-electron chi connectivity index (χ0n) is 5.91. The van der Waals surface area contributed by atoms with E-state index < -0.39 is 14.2 Å². The van der Waals surface area contributed by atoms with Crippen molar-refractivity contribution in [3.05, 3.63) is 29.2 Å². The number of hydrogen-bond donors (Lipinski definition) is 1. The van der Waals surface area contributed by atoms with Crippen molar-refractivity contribution in [2.24, 2.45) is 0 Å². The molecule has 0 saturated heterocycles. The Balaban J connectivity index is 3.36. The molecule has 0 aromatic heterocycles. The van der Waals surface area contributed by atoms with Gasteiger partial charge in [-0.25, -0.2) is 0 Å². The number of hydrogen-bond acceptors (Lipinski definition) is 3. The summed E-state index contributed by atoms with van der Waals surface area (Å²) in [5, 5.41) is 8.35. The fourth-order valence-corrected chi connectivity index (χ4v) is 2.22. The summed E-state index contributed by atoms with van der Waals surface area (Å²) in [7, 11) is 0. The summed E-state index contributed by atoms with van der Waals surface area (Å²) in [6.07, 6.45) is 0. The summed E-state index contributed by atoms with van der Waals surface area (Å²) >= 11 is -5.18. The van der Waals surface area contributed by atoms with Crippen molar-refractivity contribution in [3.8, 4) is 0 Å². The first kappa shape index (κ1) is 9.01. The van der Waals surface area contributed by atoms with Crippen molar-refractivity contribution >= 4 is 24.2 Å². The molecule has 0 bridgehead atoms. The SMILES string of the molecule is N#[N+]c1ccccc1[As](=O)([O-])O. The molecule has 5 nitrogen and oxygen atoms in total. The number of benzene rings is 1. The predicted molar refractivity (Wildman–Crippen MR) is 39.5 cm³/mol. The molecule has 1 aromatic carbocycles. The fraction of sp³-hybridized carbons (Fsp3) is 0. The normalized spacial score (nSPS) is 14.8. The Bertz CT molecular complexity index is 379. The second-order valence-corrected chi connectivity index (χ2v) is 5.30. The standard InChI is InChI=1S/C6H5AsN2O3/c8-9-6-4-2-1-3-5(6)7(10,11)12/h1-4H,(H-,10,11,12). The summed E-state index contributed by atoms with van der Waals surface area (Å²) in [5.41, 5.74) is -0.141. The Morgan fingerprint density at radius 3 is 2.50 bits per heavy atom. The Morgan fingerprint density at radius 2 is 2.08 bits per heavy atom. The zero-order valence-corrected chi connectivity index (χ0v) is 7.79. The van der Waals surface area contributed by atoms with Crippen LogP contribution in [0.15, 0.2) is 24.3 Å². The van der Waals surface area contributed by atoms with Gasteiger partial charge >= 0.3 is 70.8 Å². The molecule has 0 fully saturated rings. The van der Waals surface area contributed by atoms with E-state index >= 15 is 0 Å². The van der Waals surface area contributed by atoms with E-state index in [4.69, 9.17) is 9.49 Å². The van der Waals surface area contributed by atoms with Gasteiger partial charge in [0, 0.05) is 0 Å². The zero-order chi connectivity index (χ0) is 9.19. The van der Waals surface area contributed by atoms with Crippen LogP contribution in [0.1, 0.15) is 0 Å². The number of diazo groups is 1. The molecule has 1 rings (SSSR count). The van der Waals surface area contributed by atoms with E-state index in [1.54, 1.807) is 0 Å². The third-order valence-electron chi connectivity index (χ3n) is 1.29. The second kappa shape index (κ2) is 3.11. The van der Waals surface area contributed by atoms with Gasteiger partial charge in [0.15, 0.2) is 0 Å². The van der Waals surface area contributed by atoms with Gasteiger partial charge in [-0.1, -0.05) is 0 Å².